The minimum atomic E-state index is 0.226. The van der Waals surface area contributed by atoms with Crippen LogP contribution in [0, 0.1) is 5.41 Å². The fourth-order valence-corrected chi connectivity index (χ4v) is 2.74. The molecule has 6 nitrogen and oxygen atoms in total. The summed E-state index contributed by atoms with van der Waals surface area (Å²) in [7, 11) is 0. The third-order valence-electron chi connectivity index (χ3n) is 3.87. The Morgan fingerprint density at radius 2 is 2.28 bits per heavy atom. The lowest BCUT2D eigenvalue weighted by Crippen LogP contribution is -2.26. The summed E-state index contributed by atoms with van der Waals surface area (Å²) in [5, 5.41) is 10.5. The van der Waals surface area contributed by atoms with Gasteiger partial charge in [0.2, 0.25) is 11.7 Å². The molecular weight excluding hydrogens is 230 g/mol. The van der Waals surface area contributed by atoms with Gasteiger partial charge in [0.15, 0.2) is 5.82 Å². The number of nitrogens with one attached hydrogen (secondary N) is 1. The van der Waals surface area contributed by atoms with E-state index in [9.17, 15) is 0 Å². The van der Waals surface area contributed by atoms with Crippen molar-refractivity contribution in [2.75, 3.05) is 0 Å². The van der Waals surface area contributed by atoms with E-state index < -0.39 is 0 Å². The predicted octanol–water partition coefficient (Wildman–Crippen LogP) is 2.54. The molecule has 2 heterocycles. The van der Waals surface area contributed by atoms with Crippen molar-refractivity contribution in [3.05, 3.63) is 12.2 Å². The maximum Gasteiger partial charge on any atom is 0.239 e. The molecule has 1 aliphatic rings. The summed E-state index contributed by atoms with van der Waals surface area (Å²) in [5.74, 6) is 2.11. The molecule has 0 aromatic carbocycles. The van der Waals surface area contributed by atoms with Gasteiger partial charge in [0.1, 0.15) is 6.33 Å². The standard InChI is InChI=1S/C12H17N5O/c1-12(2)6-4-3-5-8(12)11-15-10(17-18-11)9-13-7-14-16-9/h7-8H,3-6H2,1-2H3,(H,13,14,16). The van der Waals surface area contributed by atoms with Crippen LogP contribution in [0.3, 0.4) is 0 Å². The summed E-state index contributed by atoms with van der Waals surface area (Å²) < 4.78 is 5.41. The van der Waals surface area contributed by atoms with Crippen LogP contribution < -0.4 is 0 Å². The molecule has 1 aliphatic carbocycles. The van der Waals surface area contributed by atoms with Gasteiger partial charge >= 0.3 is 0 Å². The second-order valence-electron chi connectivity index (χ2n) is 5.58. The van der Waals surface area contributed by atoms with E-state index in [0.29, 0.717) is 17.6 Å². The van der Waals surface area contributed by atoms with Crippen molar-refractivity contribution in [1.29, 1.82) is 0 Å². The average molecular weight is 247 g/mol. The first kappa shape index (κ1) is 11.4. The monoisotopic (exact) mass is 247 g/mol. The number of hydrogen-bond donors (Lipinski definition) is 1. The Bertz CT molecular complexity index is 516. The first-order chi connectivity index (χ1) is 8.67. The van der Waals surface area contributed by atoms with Crippen LogP contribution in [0.4, 0.5) is 0 Å². The maximum atomic E-state index is 5.41. The maximum absolute atomic E-state index is 5.41. The molecule has 1 saturated carbocycles. The average Bonchev–Trinajstić information content (AvgIpc) is 2.99. The molecule has 1 atom stereocenters. The summed E-state index contributed by atoms with van der Waals surface area (Å²) in [5.41, 5.74) is 0.226. The fourth-order valence-electron chi connectivity index (χ4n) is 2.74. The molecule has 0 bridgehead atoms. The first-order valence-corrected chi connectivity index (χ1v) is 6.36. The van der Waals surface area contributed by atoms with Gasteiger partial charge in [-0.2, -0.15) is 10.1 Å². The quantitative estimate of drug-likeness (QED) is 0.882. The zero-order valence-electron chi connectivity index (χ0n) is 10.7. The Kier molecular flexibility index (Phi) is 2.65. The molecule has 18 heavy (non-hydrogen) atoms. The Morgan fingerprint density at radius 1 is 1.39 bits per heavy atom. The molecule has 3 rings (SSSR count). The largest absolute Gasteiger partial charge is 0.339 e. The molecule has 0 radical (unpaired) electrons. The normalized spacial score (nSPS) is 23.1. The van der Waals surface area contributed by atoms with Gasteiger partial charge in [-0.1, -0.05) is 31.8 Å². The van der Waals surface area contributed by atoms with Gasteiger partial charge in [0, 0.05) is 5.92 Å². The molecule has 0 spiro atoms. The van der Waals surface area contributed by atoms with Crippen molar-refractivity contribution < 1.29 is 4.52 Å². The summed E-state index contributed by atoms with van der Waals surface area (Å²) in [6, 6.07) is 0. The Labute approximate surface area is 105 Å². The number of hydrogen-bond acceptors (Lipinski definition) is 5. The highest BCUT2D eigenvalue weighted by Gasteiger charge is 2.37. The predicted molar refractivity (Wildman–Crippen MR) is 64.7 cm³/mol. The Hall–Kier alpha value is -1.72. The Morgan fingerprint density at radius 3 is 3.00 bits per heavy atom. The first-order valence-electron chi connectivity index (χ1n) is 6.36. The number of aromatic nitrogens is 5. The molecule has 0 amide bonds. The third kappa shape index (κ3) is 1.91. The van der Waals surface area contributed by atoms with Gasteiger partial charge in [-0.25, -0.2) is 4.98 Å². The zero-order valence-corrected chi connectivity index (χ0v) is 10.7. The van der Waals surface area contributed by atoms with Crippen LogP contribution in [0.1, 0.15) is 51.3 Å². The molecule has 0 aliphatic heterocycles. The van der Waals surface area contributed by atoms with Crippen molar-refractivity contribution in [1.82, 2.24) is 25.3 Å². The number of rotatable bonds is 2. The van der Waals surface area contributed by atoms with Crippen molar-refractivity contribution in [2.45, 2.75) is 45.4 Å². The van der Waals surface area contributed by atoms with Gasteiger partial charge in [0.25, 0.3) is 0 Å². The second kappa shape index (κ2) is 4.19. The van der Waals surface area contributed by atoms with E-state index in [0.717, 1.165) is 12.3 Å². The van der Waals surface area contributed by atoms with E-state index in [4.69, 9.17) is 4.52 Å². The van der Waals surface area contributed by atoms with E-state index in [-0.39, 0.29) is 5.41 Å². The SMILES string of the molecule is CC1(C)CCCCC1c1nc(-c2ncn[nH]2)no1. The number of H-pyrrole nitrogens is 1. The van der Waals surface area contributed by atoms with Crippen LogP contribution in [0.25, 0.3) is 11.6 Å². The van der Waals surface area contributed by atoms with Gasteiger partial charge in [0.05, 0.1) is 0 Å². The van der Waals surface area contributed by atoms with E-state index >= 15 is 0 Å². The molecule has 6 heteroatoms. The summed E-state index contributed by atoms with van der Waals surface area (Å²) in [6.07, 6.45) is 6.28. The molecule has 2 aromatic rings. The van der Waals surface area contributed by atoms with Gasteiger partial charge in [-0.15, -0.1) is 0 Å². The van der Waals surface area contributed by atoms with Crippen molar-refractivity contribution in [3.63, 3.8) is 0 Å². The van der Waals surface area contributed by atoms with Crippen molar-refractivity contribution in [2.24, 2.45) is 5.41 Å². The Balaban J connectivity index is 1.89. The van der Waals surface area contributed by atoms with Gasteiger partial charge in [-0.3, -0.25) is 5.10 Å². The van der Waals surface area contributed by atoms with Crippen LogP contribution in [-0.4, -0.2) is 25.3 Å². The van der Waals surface area contributed by atoms with Crippen LogP contribution in [0.15, 0.2) is 10.9 Å². The molecule has 1 N–H and O–H groups in total. The summed E-state index contributed by atoms with van der Waals surface area (Å²) >= 11 is 0. The van der Waals surface area contributed by atoms with E-state index in [1.807, 2.05) is 0 Å². The molecular formula is C12H17N5O. The summed E-state index contributed by atoms with van der Waals surface area (Å²) in [4.78, 5) is 8.49. The smallest absolute Gasteiger partial charge is 0.239 e. The topological polar surface area (TPSA) is 80.5 Å². The van der Waals surface area contributed by atoms with E-state index in [1.165, 1.54) is 25.6 Å². The molecule has 0 saturated heterocycles. The summed E-state index contributed by atoms with van der Waals surface area (Å²) in [6.45, 7) is 4.55. The number of aromatic amines is 1. The van der Waals surface area contributed by atoms with Crippen molar-refractivity contribution >= 4 is 0 Å². The lowest BCUT2D eigenvalue weighted by molar-refractivity contribution is 0.164. The molecule has 1 unspecified atom stereocenters. The fraction of sp³-hybridized carbons (Fsp3) is 0.667. The lowest BCUT2D eigenvalue weighted by Gasteiger charge is -2.36. The highest BCUT2D eigenvalue weighted by molar-refractivity contribution is 5.39. The third-order valence-corrected chi connectivity index (χ3v) is 3.87. The van der Waals surface area contributed by atoms with E-state index in [2.05, 4.69) is 39.2 Å². The minimum Gasteiger partial charge on any atom is -0.339 e. The van der Waals surface area contributed by atoms with Crippen molar-refractivity contribution in [3.8, 4) is 11.6 Å². The van der Waals surface area contributed by atoms with E-state index in [1.54, 1.807) is 0 Å². The van der Waals surface area contributed by atoms with Crippen LogP contribution in [0.5, 0.6) is 0 Å². The minimum absolute atomic E-state index is 0.226. The highest BCUT2D eigenvalue weighted by Crippen LogP contribution is 2.46. The van der Waals surface area contributed by atoms with Crippen LogP contribution in [0.2, 0.25) is 0 Å². The molecule has 1 fully saturated rings. The number of nitrogens with zero attached hydrogens (tertiary/aromatic N) is 4. The lowest BCUT2D eigenvalue weighted by atomic mass is 9.69. The van der Waals surface area contributed by atoms with Gasteiger partial charge < -0.3 is 4.52 Å². The highest BCUT2D eigenvalue weighted by atomic mass is 16.5. The zero-order chi connectivity index (χ0) is 12.6. The molecule has 96 valence electrons. The van der Waals surface area contributed by atoms with Crippen LogP contribution in [-0.2, 0) is 0 Å². The van der Waals surface area contributed by atoms with Crippen LogP contribution >= 0.6 is 0 Å². The molecule has 2 aromatic heterocycles. The van der Waals surface area contributed by atoms with Gasteiger partial charge in [-0.05, 0) is 18.3 Å². The second-order valence-corrected chi connectivity index (χ2v) is 5.58.